The molecule has 0 bridgehead atoms. The molecule has 4 nitrogen and oxygen atoms in total. The maximum Gasteiger partial charge on any atom is 0.317 e. The number of carbonyl (C=O) groups is 1. The summed E-state index contributed by atoms with van der Waals surface area (Å²) < 4.78 is 13.2. The van der Waals surface area contributed by atoms with E-state index in [9.17, 15) is 9.18 Å². The number of nitrogens with one attached hydrogen (secondary N) is 1. The van der Waals surface area contributed by atoms with Gasteiger partial charge in [-0.05, 0) is 30.5 Å². The van der Waals surface area contributed by atoms with Crippen LogP contribution in [-0.2, 0) is 13.0 Å². The zero-order valence-electron chi connectivity index (χ0n) is 13.3. The van der Waals surface area contributed by atoms with Crippen LogP contribution in [0.15, 0.2) is 30.5 Å². The van der Waals surface area contributed by atoms with Crippen molar-refractivity contribution in [3.8, 4) is 0 Å². The first-order chi connectivity index (χ1) is 11.1. The fourth-order valence-corrected chi connectivity index (χ4v) is 3.50. The highest BCUT2D eigenvalue weighted by atomic mass is 32.1. The molecule has 23 heavy (non-hydrogen) atoms. The summed E-state index contributed by atoms with van der Waals surface area (Å²) in [5.74, 6) is -0.0123. The highest BCUT2D eigenvalue weighted by Crippen LogP contribution is 2.40. The lowest BCUT2D eigenvalue weighted by Gasteiger charge is -2.16. The highest BCUT2D eigenvalue weighted by molar-refractivity contribution is 7.11. The molecule has 2 atom stereocenters. The van der Waals surface area contributed by atoms with Gasteiger partial charge in [-0.2, -0.15) is 0 Å². The number of benzene rings is 1. The Balaban J connectivity index is 1.51. The number of nitrogens with zero attached hydrogens (tertiary/aromatic N) is 2. The van der Waals surface area contributed by atoms with Crippen molar-refractivity contribution in [2.75, 3.05) is 7.05 Å². The van der Waals surface area contributed by atoms with E-state index in [0.29, 0.717) is 6.54 Å². The van der Waals surface area contributed by atoms with Crippen molar-refractivity contribution in [2.24, 2.45) is 0 Å². The summed E-state index contributed by atoms with van der Waals surface area (Å²) in [6.45, 7) is 2.60. The summed E-state index contributed by atoms with van der Waals surface area (Å²) in [4.78, 5) is 19.4. The van der Waals surface area contributed by atoms with Gasteiger partial charge in [0.25, 0.3) is 0 Å². The van der Waals surface area contributed by atoms with Gasteiger partial charge in [0.05, 0.1) is 6.54 Å². The van der Waals surface area contributed by atoms with Crippen LogP contribution in [0.4, 0.5) is 9.18 Å². The minimum Gasteiger partial charge on any atom is -0.335 e. The second-order valence-electron chi connectivity index (χ2n) is 5.88. The van der Waals surface area contributed by atoms with Crippen LogP contribution in [0.1, 0.15) is 34.7 Å². The molecule has 1 fully saturated rings. The fraction of sp³-hybridized carbons (Fsp3) is 0.412. The summed E-state index contributed by atoms with van der Waals surface area (Å²) in [7, 11) is 1.77. The van der Waals surface area contributed by atoms with Crippen LogP contribution >= 0.6 is 11.3 Å². The van der Waals surface area contributed by atoms with Gasteiger partial charge in [-0.3, -0.25) is 0 Å². The Kier molecular flexibility index (Phi) is 4.61. The number of hydrogen-bond donors (Lipinski definition) is 1. The van der Waals surface area contributed by atoms with Crippen LogP contribution in [0, 0.1) is 5.82 Å². The number of halogens is 1. The SMILES string of the molecule is CCc1cnc(CN(C)C(=O)NC2CC2c2cccc(F)c2)s1. The number of amides is 2. The monoisotopic (exact) mass is 333 g/mol. The zero-order valence-corrected chi connectivity index (χ0v) is 14.1. The van der Waals surface area contributed by atoms with E-state index in [1.54, 1.807) is 35.4 Å². The predicted octanol–water partition coefficient (Wildman–Crippen LogP) is 3.54. The Bertz CT molecular complexity index is 703. The molecule has 1 N–H and O–H groups in total. The molecule has 122 valence electrons. The van der Waals surface area contributed by atoms with Gasteiger partial charge < -0.3 is 10.2 Å². The van der Waals surface area contributed by atoms with Gasteiger partial charge in [-0.1, -0.05) is 19.1 Å². The van der Waals surface area contributed by atoms with Crippen molar-refractivity contribution in [3.05, 3.63) is 51.7 Å². The first-order valence-electron chi connectivity index (χ1n) is 7.77. The van der Waals surface area contributed by atoms with Gasteiger partial charge in [-0.25, -0.2) is 14.2 Å². The average Bonchev–Trinajstić information content (AvgIpc) is 3.15. The molecular weight excluding hydrogens is 313 g/mol. The van der Waals surface area contributed by atoms with Gasteiger partial charge in [0, 0.05) is 30.1 Å². The third kappa shape index (κ3) is 3.88. The topological polar surface area (TPSA) is 45.2 Å². The highest BCUT2D eigenvalue weighted by Gasteiger charge is 2.40. The minimum absolute atomic E-state index is 0.0919. The van der Waals surface area contributed by atoms with Gasteiger partial charge in [-0.15, -0.1) is 11.3 Å². The molecular formula is C17H20FN3OS. The summed E-state index contributed by atoms with van der Waals surface area (Å²) in [5.41, 5.74) is 0.950. The van der Waals surface area contributed by atoms with Crippen molar-refractivity contribution in [1.29, 1.82) is 0 Å². The standard InChI is InChI=1S/C17H20FN3OS/c1-3-13-9-19-16(23-13)10-21(2)17(22)20-15-8-14(15)11-5-4-6-12(18)7-11/h4-7,9,14-15H,3,8,10H2,1-2H3,(H,20,22). The summed E-state index contributed by atoms with van der Waals surface area (Å²) in [5, 5.41) is 3.95. The molecule has 1 aromatic carbocycles. The Morgan fingerprint density at radius 3 is 3.04 bits per heavy atom. The Hall–Kier alpha value is -1.95. The van der Waals surface area contributed by atoms with Crippen molar-refractivity contribution in [1.82, 2.24) is 15.2 Å². The molecule has 2 unspecified atom stereocenters. The van der Waals surface area contributed by atoms with Crippen LogP contribution in [0.3, 0.4) is 0 Å². The fourth-order valence-electron chi connectivity index (χ4n) is 2.59. The number of hydrogen-bond acceptors (Lipinski definition) is 3. The van der Waals surface area contributed by atoms with E-state index in [2.05, 4.69) is 17.2 Å². The lowest BCUT2D eigenvalue weighted by molar-refractivity contribution is 0.206. The van der Waals surface area contributed by atoms with Crippen LogP contribution in [0.5, 0.6) is 0 Å². The quantitative estimate of drug-likeness (QED) is 0.909. The van der Waals surface area contributed by atoms with E-state index < -0.39 is 0 Å². The third-order valence-corrected chi connectivity index (χ3v) is 5.17. The van der Waals surface area contributed by atoms with Gasteiger partial charge in [0.1, 0.15) is 10.8 Å². The maximum atomic E-state index is 13.2. The molecule has 1 aliphatic carbocycles. The number of carbonyl (C=O) groups excluding carboxylic acids is 1. The average molecular weight is 333 g/mol. The molecule has 2 aromatic rings. The molecule has 0 spiro atoms. The molecule has 1 aromatic heterocycles. The largest absolute Gasteiger partial charge is 0.335 e. The van der Waals surface area contributed by atoms with Gasteiger partial charge >= 0.3 is 6.03 Å². The van der Waals surface area contributed by atoms with Crippen molar-refractivity contribution in [3.63, 3.8) is 0 Å². The van der Waals surface area contributed by atoms with E-state index in [1.165, 1.54) is 10.9 Å². The molecule has 2 amide bonds. The molecule has 0 aliphatic heterocycles. The van der Waals surface area contributed by atoms with E-state index in [-0.39, 0.29) is 23.8 Å². The lowest BCUT2D eigenvalue weighted by atomic mass is 10.1. The normalized spacial score (nSPS) is 19.4. The maximum absolute atomic E-state index is 13.2. The summed E-state index contributed by atoms with van der Waals surface area (Å²) in [6, 6.07) is 6.58. The van der Waals surface area contributed by atoms with Crippen LogP contribution in [0.2, 0.25) is 0 Å². The summed E-state index contributed by atoms with van der Waals surface area (Å²) in [6.07, 6.45) is 3.69. The molecule has 6 heteroatoms. The second-order valence-corrected chi connectivity index (χ2v) is 7.08. The van der Waals surface area contributed by atoms with Gasteiger partial charge in [0.2, 0.25) is 0 Å². The van der Waals surface area contributed by atoms with Crippen LogP contribution in [0.25, 0.3) is 0 Å². The van der Waals surface area contributed by atoms with Crippen LogP contribution in [-0.4, -0.2) is 29.0 Å². The van der Waals surface area contributed by atoms with Crippen LogP contribution < -0.4 is 5.32 Å². The molecule has 1 aliphatic rings. The second kappa shape index (κ2) is 6.66. The van der Waals surface area contributed by atoms with E-state index in [4.69, 9.17) is 0 Å². The number of rotatable bonds is 5. The first-order valence-corrected chi connectivity index (χ1v) is 8.59. The molecule has 3 rings (SSSR count). The summed E-state index contributed by atoms with van der Waals surface area (Å²) >= 11 is 1.64. The third-order valence-electron chi connectivity index (χ3n) is 4.05. The van der Waals surface area contributed by atoms with Crippen molar-refractivity contribution in [2.45, 2.75) is 38.3 Å². The number of aromatic nitrogens is 1. The van der Waals surface area contributed by atoms with E-state index >= 15 is 0 Å². The number of aryl methyl sites for hydroxylation is 1. The Labute approximate surface area is 139 Å². The first kappa shape index (κ1) is 15.9. The van der Waals surface area contributed by atoms with E-state index in [0.717, 1.165) is 23.4 Å². The number of urea groups is 1. The van der Waals surface area contributed by atoms with Crippen molar-refractivity contribution >= 4 is 17.4 Å². The predicted molar refractivity (Wildman–Crippen MR) is 89.0 cm³/mol. The molecule has 1 saturated carbocycles. The van der Waals surface area contributed by atoms with Gasteiger partial charge in [0.15, 0.2) is 0 Å². The lowest BCUT2D eigenvalue weighted by Crippen LogP contribution is -2.38. The molecule has 1 heterocycles. The smallest absolute Gasteiger partial charge is 0.317 e. The Morgan fingerprint density at radius 2 is 2.35 bits per heavy atom. The minimum atomic E-state index is -0.230. The molecule has 0 saturated heterocycles. The zero-order chi connectivity index (χ0) is 16.4. The van der Waals surface area contributed by atoms with E-state index in [1.807, 2.05) is 12.3 Å². The van der Waals surface area contributed by atoms with Crippen molar-refractivity contribution < 1.29 is 9.18 Å². The Morgan fingerprint density at radius 1 is 1.52 bits per heavy atom. The number of thiazole rings is 1. The molecule has 0 radical (unpaired) electrons.